The van der Waals surface area contributed by atoms with Crippen LogP contribution in [-0.4, -0.2) is 107 Å². The largest absolute Gasteiger partial charge is 0.397 e. The number of unbranched alkanes of at least 4 members (excludes halogenated alkanes) is 20. The van der Waals surface area contributed by atoms with Crippen LogP contribution in [0.4, 0.5) is 0 Å². The maximum absolute atomic E-state index is 13.0. The van der Waals surface area contributed by atoms with Gasteiger partial charge in [0.25, 0.3) is 0 Å². The van der Waals surface area contributed by atoms with Crippen molar-refractivity contribution in [3.8, 4) is 0 Å². The number of ether oxygens (including phenoxy) is 2. The van der Waals surface area contributed by atoms with Crippen LogP contribution in [0.15, 0.2) is 12.2 Å². The summed E-state index contributed by atoms with van der Waals surface area (Å²) in [6.45, 7) is 3.16. The zero-order valence-electron chi connectivity index (χ0n) is 32.0. The van der Waals surface area contributed by atoms with E-state index in [0.717, 1.165) is 38.5 Å². The van der Waals surface area contributed by atoms with E-state index < -0.39 is 78.5 Å². The number of carbonyl (C=O) groups excluding carboxylic acids is 1. The zero-order valence-corrected chi connectivity index (χ0v) is 32.8. The summed E-state index contributed by atoms with van der Waals surface area (Å²) in [5.74, 6) is -0.704. The molecule has 13 nitrogen and oxygen atoms in total. The first-order chi connectivity index (χ1) is 24.9. The quantitative estimate of drug-likeness (QED) is 0.0254. The molecule has 1 fully saturated rings. The summed E-state index contributed by atoms with van der Waals surface area (Å²) in [7, 11) is -5.11. The molecule has 14 heteroatoms. The molecule has 0 aromatic heterocycles. The van der Waals surface area contributed by atoms with Crippen LogP contribution in [-0.2, 0) is 28.9 Å². The number of rotatable bonds is 33. The molecule has 8 atom stereocenters. The molecule has 1 saturated heterocycles. The van der Waals surface area contributed by atoms with Crippen molar-refractivity contribution in [3.05, 3.63) is 12.2 Å². The number of hydrogen-bond donors (Lipinski definition) is 7. The molecule has 1 rings (SSSR count). The SMILES string of the molecule is CCCCCCCCCCCC/C=C/C(O)C(COC1OC(CO)C(O)C(OS(=O)(=O)O)C1O)NC(=O)C(O)CCCCCCCCCCCCC. The van der Waals surface area contributed by atoms with Gasteiger partial charge in [0.2, 0.25) is 5.91 Å². The van der Waals surface area contributed by atoms with Gasteiger partial charge >= 0.3 is 10.4 Å². The normalized spacial score (nSPS) is 22.8. The summed E-state index contributed by atoms with van der Waals surface area (Å²) in [6, 6.07) is -1.11. The lowest BCUT2D eigenvalue weighted by atomic mass is 9.99. The molecule has 8 unspecified atom stereocenters. The average molecular weight is 768 g/mol. The Hall–Kier alpha value is -1.20. The predicted octanol–water partition coefficient (Wildman–Crippen LogP) is 5.40. The van der Waals surface area contributed by atoms with E-state index in [0.29, 0.717) is 12.8 Å². The first kappa shape index (κ1) is 48.8. The Labute approximate surface area is 313 Å². The van der Waals surface area contributed by atoms with Crippen molar-refractivity contribution in [3.63, 3.8) is 0 Å². The zero-order chi connectivity index (χ0) is 38.6. The number of allylic oxidation sites excluding steroid dienone is 1. The Morgan fingerprint density at radius 3 is 1.73 bits per heavy atom. The van der Waals surface area contributed by atoms with Crippen LogP contribution in [0.5, 0.6) is 0 Å². The van der Waals surface area contributed by atoms with Crippen molar-refractivity contribution in [1.82, 2.24) is 5.32 Å². The van der Waals surface area contributed by atoms with E-state index in [1.54, 1.807) is 0 Å². The van der Waals surface area contributed by atoms with E-state index >= 15 is 0 Å². The van der Waals surface area contributed by atoms with Gasteiger partial charge in [-0.1, -0.05) is 154 Å². The lowest BCUT2D eigenvalue weighted by Crippen LogP contribution is -2.61. The minimum absolute atomic E-state index is 0.246. The van der Waals surface area contributed by atoms with E-state index in [9.17, 15) is 38.7 Å². The lowest BCUT2D eigenvalue weighted by Gasteiger charge is -2.41. The van der Waals surface area contributed by atoms with Crippen molar-refractivity contribution in [2.75, 3.05) is 13.2 Å². The highest BCUT2D eigenvalue weighted by molar-refractivity contribution is 7.80. The standard InChI is InChI=1S/C38H73NO12S/c1-3-5-7-9-11-13-15-17-18-20-22-24-26-31(41)30(29-49-38-35(44)36(51-52(46,47)48)34(43)33(28-40)50-38)39-37(45)32(42)27-25-23-21-19-16-14-12-10-8-6-4-2/h24,26,30-36,38,40-44H,3-23,25,27-29H2,1-2H3,(H,39,45)(H,46,47,48)/b26-24+. The van der Waals surface area contributed by atoms with Crippen LogP contribution in [0, 0.1) is 0 Å². The summed E-state index contributed by atoms with van der Waals surface area (Å²) in [5, 5.41) is 54.9. The molecule has 308 valence electrons. The average Bonchev–Trinajstić information content (AvgIpc) is 3.11. The van der Waals surface area contributed by atoms with Crippen LogP contribution in [0.3, 0.4) is 0 Å². The highest BCUT2D eigenvalue weighted by Crippen LogP contribution is 2.26. The summed E-state index contributed by atoms with van der Waals surface area (Å²) in [6.07, 6.45) is 17.4. The number of hydrogen-bond acceptors (Lipinski definition) is 11. The molecule has 0 bridgehead atoms. The Balaban J connectivity index is 2.70. The van der Waals surface area contributed by atoms with Crippen molar-refractivity contribution in [2.45, 2.75) is 210 Å². The summed E-state index contributed by atoms with van der Waals surface area (Å²) < 4.78 is 47.3. The van der Waals surface area contributed by atoms with Gasteiger partial charge in [0.1, 0.15) is 30.5 Å². The van der Waals surface area contributed by atoms with Crippen LogP contribution >= 0.6 is 0 Å². The molecule has 1 aliphatic heterocycles. The van der Waals surface area contributed by atoms with Gasteiger partial charge < -0.3 is 40.3 Å². The van der Waals surface area contributed by atoms with Crippen molar-refractivity contribution >= 4 is 16.3 Å². The van der Waals surface area contributed by atoms with Gasteiger partial charge in [0.15, 0.2) is 6.29 Å². The Bertz CT molecular complexity index is 1020. The van der Waals surface area contributed by atoms with E-state index in [1.165, 1.54) is 96.0 Å². The molecule has 0 saturated carbocycles. The Morgan fingerprint density at radius 2 is 1.25 bits per heavy atom. The summed E-state index contributed by atoms with van der Waals surface area (Å²) >= 11 is 0. The minimum Gasteiger partial charge on any atom is -0.394 e. The third kappa shape index (κ3) is 22.9. The fourth-order valence-electron chi connectivity index (χ4n) is 6.40. The van der Waals surface area contributed by atoms with Gasteiger partial charge in [-0.25, -0.2) is 4.18 Å². The summed E-state index contributed by atoms with van der Waals surface area (Å²) in [4.78, 5) is 13.0. The third-order valence-electron chi connectivity index (χ3n) is 9.68. The maximum atomic E-state index is 13.0. The molecule has 52 heavy (non-hydrogen) atoms. The number of nitrogens with one attached hydrogen (secondary N) is 1. The number of carbonyl (C=O) groups is 1. The maximum Gasteiger partial charge on any atom is 0.397 e. The molecule has 1 heterocycles. The topological polar surface area (TPSA) is 212 Å². The second kappa shape index (κ2) is 30.1. The Kier molecular flexibility index (Phi) is 28.2. The molecule has 7 N–H and O–H groups in total. The molecule has 1 amide bonds. The molecule has 0 aliphatic carbocycles. The van der Waals surface area contributed by atoms with Crippen LogP contribution in [0.2, 0.25) is 0 Å². The monoisotopic (exact) mass is 767 g/mol. The number of aliphatic hydroxyl groups is 5. The first-order valence-corrected chi connectivity index (χ1v) is 21.5. The smallest absolute Gasteiger partial charge is 0.394 e. The van der Waals surface area contributed by atoms with Gasteiger partial charge in [0, 0.05) is 0 Å². The number of aliphatic hydroxyl groups excluding tert-OH is 5. The highest BCUT2D eigenvalue weighted by atomic mass is 32.3. The molecule has 0 spiro atoms. The molecule has 0 aromatic rings. The van der Waals surface area contributed by atoms with E-state index in [1.807, 2.05) is 6.08 Å². The van der Waals surface area contributed by atoms with Crippen molar-refractivity contribution < 1.29 is 57.0 Å². The molecular weight excluding hydrogens is 694 g/mol. The first-order valence-electron chi connectivity index (χ1n) is 20.2. The predicted molar refractivity (Wildman–Crippen MR) is 201 cm³/mol. The highest BCUT2D eigenvalue weighted by Gasteiger charge is 2.48. The fraction of sp³-hybridized carbons (Fsp3) is 0.921. The van der Waals surface area contributed by atoms with Gasteiger partial charge in [0.05, 0.1) is 25.4 Å². The Morgan fingerprint density at radius 1 is 0.769 bits per heavy atom. The molecule has 0 radical (unpaired) electrons. The van der Waals surface area contributed by atoms with Crippen LogP contribution in [0.1, 0.15) is 162 Å². The van der Waals surface area contributed by atoms with Gasteiger partial charge in [-0.15, -0.1) is 0 Å². The second-order valence-corrected chi connectivity index (χ2v) is 15.4. The second-order valence-electron chi connectivity index (χ2n) is 14.4. The fourth-order valence-corrected chi connectivity index (χ4v) is 6.91. The molecular formula is C38H73NO12S. The van der Waals surface area contributed by atoms with Gasteiger partial charge in [-0.05, 0) is 19.3 Å². The van der Waals surface area contributed by atoms with Gasteiger partial charge in [-0.2, -0.15) is 8.42 Å². The summed E-state index contributed by atoms with van der Waals surface area (Å²) in [5.41, 5.74) is 0. The van der Waals surface area contributed by atoms with E-state index in [2.05, 4.69) is 23.3 Å². The number of amides is 1. The molecule has 1 aliphatic rings. The van der Waals surface area contributed by atoms with Crippen LogP contribution < -0.4 is 5.32 Å². The third-order valence-corrected chi connectivity index (χ3v) is 10.1. The minimum atomic E-state index is -5.11. The van der Waals surface area contributed by atoms with Crippen LogP contribution in [0.25, 0.3) is 0 Å². The van der Waals surface area contributed by atoms with Crippen molar-refractivity contribution in [2.24, 2.45) is 0 Å². The molecule has 0 aromatic carbocycles. The lowest BCUT2D eigenvalue weighted by molar-refractivity contribution is -0.298. The van der Waals surface area contributed by atoms with E-state index in [4.69, 9.17) is 14.0 Å². The van der Waals surface area contributed by atoms with E-state index in [-0.39, 0.29) is 6.42 Å². The van der Waals surface area contributed by atoms with Gasteiger partial charge in [-0.3, -0.25) is 9.35 Å². The van der Waals surface area contributed by atoms with Crippen molar-refractivity contribution in [1.29, 1.82) is 0 Å².